The highest BCUT2D eigenvalue weighted by Gasteiger charge is 2.36. The lowest BCUT2D eigenvalue weighted by molar-refractivity contribution is -0.141. The first-order valence-electron chi connectivity index (χ1n) is 11.4. The molecule has 0 aromatic heterocycles. The van der Waals surface area contributed by atoms with Crippen LogP contribution in [0, 0.1) is 0 Å². The van der Waals surface area contributed by atoms with Gasteiger partial charge in [-0.1, -0.05) is 34.6 Å². The number of nitrogens with zero attached hydrogens (tertiary/aromatic N) is 2. The van der Waals surface area contributed by atoms with Crippen LogP contribution in [0.4, 0.5) is 9.59 Å². The molecule has 3 unspecified atom stereocenters. The van der Waals surface area contributed by atoms with Crippen molar-refractivity contribution in [2.45, 2.75) is 85.3 Å². The number of carbonyl (C=O) groups is 3. The second-order valence-electron chi connectivity index (χ2n) is 7.12. The van der Waals surface area contributed by atoms with Crippen LogP contribution in [0.25, 0.3) is 0 Å². The average Bonchev–Trinajstić information content (AvgIpc) is 2.80. The maximum Gasteiger partial charge on any atom is 0.510 e. The number of hydrogen-bond donors (Lipinski definition) is 2. The Balaban J connectivity index is 5.94. The summed E-state index contributed by atoms with van der Waals surface area (Å²) < 4.78 is 47.8. The molecular weight excluding hydrogens is 489 g/mol. The van der Waals surface area contributed by atoms with Gasteiger partial charge < -0.3 is 34.7 Å². The molecule has 0 aromatic carbocycles. The van der Waals surface area contributed by atoms with E-state index < -0.39 is 50.6 Å². The number of ether oxygens (including phenoxy) is 4. The number of carbonyl (C=O) groups excluding carboxylic acids is 2. The molecule has 0 aliphatic rings. The fourth-order valence-corrected chi connectivity index (χ4v) is 3.87. The molecule has 15 heteroatoms. The predicted octanol–water partition coefficient (Wildman–Crippen LogP) is 3.84. The van der Waals surface area contributed by atoms with Gasteiger partial charge in [-0.2, -0.15) is 0 Å². The Morgan fingerprint density at radius 3 is 1.63 bits per heavy atom. The third-order valence-corrected chi connectivity index (χ3v) is 5.65. The number of carboxylic acid groups (broad SMARTS) is 1. The molecule has 3 atom stereocenters. The van der Waals surface area contributed by atoms with Crippen LogP contribution in [0.5, 0.6) is 0 Å². The van der Waals surface area contributed by atoms with Gasteiger partial charge in [0.05, 0.1) is 13.2 Å². The van der Waals surface area contributed by atoms with Crippen LogP contribution in [-0.4, -0.2) is 73.1 Å². The van der Waals surface area contributed by atoms with Gasteiger partial charge in [-0.25, -0.2) is 28.0 Å². The molecule has 35 heavy (non-hydrogen) atoms. The summed E-state index contributed by atoms with van der Waals surface area (Å²) in [5.74, 6) is -1.68. The number of hydrogen-bond acceptors (Lipinski definition) is 10. The largest absolute Gasteiger partial charge is 0.510 e. The minimum absolute atomic E-state index is 0.0166. The normalized spacial score (nSPS) is 15.8. The first-order chi connectivity index (χ1) is 16.5. The fourth-order valence-electron chi connectivity index (χ4n) is 2.35. The SMILES string of the molecule is CCCOC(=O)OC(CC)OP(=O)(N=C(N)N(C)C(CC)C(=O)O)OC(CC)OC(=O)OCCC. The van der Waals surface area contributed by atoms with Crippen molar-refractivity contribution >= 4 is 32.0 Å². The Labute approximate surface area is 205 Å². The van der Waals surface area contributed by atoms with Gasteiger partial charge in [0.15, 0.2) is 0 Å². The Morgan fingerprint density at radius 2 is 1.31 bits per heavy atom. The van der Waals surface area contributed by atoms with Gasteiger partial charge in [-0.3, -0.25) is 0 Å². The van der Waals surface area contributed by atoms with Crippen molar-refractivity contribution in [3.8, 4) is 0 Å². The summed E-state index contributed by atoms with van der Waals surface area (Å²) in [4.78, 5) is 36.2. The molecule has 0 aliphatic carbocycles. The predicted molar refractivity (Wildman–Crippen MR) is 124 cm³/mol. The third kappa shape index (κ3) is 12.6. The summed E-state index contributed by atoms with van der Waals surface area (Å²) in [6, 6.07) is -1.09. The monoisotopic (exact) mass is 527 g/mol. The number of guanidine groups is 1. The molecule has 0 aliphatic heterocycles. The van der Waals surface area contributed by atoms with E-state index in [1.807, 2.05) is 0 Å². The van der Waals surface area contributed by atoms with Crippen molar-refractivity contribution in [2.24, 2.45) is 10.5 Å². The molecule has 0 rings (SSSR count). The first kappa shape index (κ1) is 32.4. The van der Waals surface area contributed by atoms with E-state index in [4.69, 9.17) is 33.7 Å². The fraction of sp³-hybridized carbons (Fsp3) is 0.800. The summed E-state index contributed by atoms with van der Waals surface area (Å²) >= 11 is 0. The van der Waals surface area contributed by atoms with Crippen LogP contribution in [-0.2, 0) is 37.4 Å². The minimum Gasteiger partial charge on any atom is -0.480 e. The molecule has 204 valence electrons. The van der Waals surface area contributed by atoms with E-state index in [1.54, 1.807) is 34.6 Å². The molecule has 0 amide bonds. The van der Waals surface area contributed by atoms with Crippen molar-refractivity contribution in [1.29, 1.82) is 0 Å². The van der Waals surface area contributed by atoms with E-state index in [1.165, 1.54) is 7.05 Å². The Kier molecular flexibility index (Phi) is 15.7. The van der Waals surface area contributed by atoms with E-state index in [-0.39, 0.29) is 32.5 Å². The molecule has 0 spiro atoms. The van der Waals surface area contributed by atoms with Crippen LogP contribution in [0.1, 0.15) is 66.7 Å². The lowest BCUT2D eigenvalue weighted by Gasteiger charge is -2.27. The van der Waals surface area contributed by atoms with E-state index in [2.05, 4.69) is 4.76 Å². The van der Waals surface area contributed by atoms with Gasteiger partial charge in [-0.05, 0) is 19.3 Å². The van der Waals surface area contributed by atoms with Crippen molar-refractivity contribution in [3.05, 3.63) is 0 Å². The topological polar surface area (TPSA) is 186 Å². The number of aliphatic carboxylic acids is 1. The van der Waals surface area contributed by atoms with Crippen LogP contribution in [0.15, 0.2) is 4.76 Å². The lowest BCUT2D eigenvalue weighted by Crippen LogP contribution is -2.45. The highest BCUT2D eigenvalue weighted by Crippen LogP contribution is 2.53. The van der Waals surface area contributed by atoms with Gasteiger partial charge >= 0.3 is 26.0 Å². The molecule has 0 radical (unpaired) electrons. The van der Waals surface area contributed by atoms with Crippen molar-refractivity contribution in [3.63, 3.8) is 0 Å². The Morgan fingerprint density at radius 1 is 0.886 bits per heavy atom. The number of likely N-dealkylation sites (N-methyl/N-ethyl adjacent to an activating group) is 1. The quantitative estimate of drug-likeness (QED) is 0.0970. The summed E-state index contributed by atoms with van der Waals surface area (Å²) in [7, 11) is -3.33. The highest BCUT2D eigenvalue weighted by atomic mass is 31.2. The zero-order valence-corrected chi connectivity index (χ0v) is 22.0. The van der Waals surface area contributed by atoms with Gasteiger partial charge in [0.25, 0.3) is 0 Å². The van der Waals surface area contributed by atoms with Crippen molar-refractivity contribution in [1.82, 2.24) is 4.90 Å². The van der Waals surface area contributed by atoms with Crippen molar-refractivity contribution < 1.29 is 52.1 Å². The molecule has 3 N–H and O–H groups in total. The van der Waals surface area contributed by atoms with Crippen LogP contribution in [0.3, 0.4) is 0 Å². The number of rotatable bonds is 16. The maximum absolute atomic E-state index is 13.6. The molecular formula is C20H38N3O11P. The first-order valence-corrected chi connectivity index (χ1v) is 12.9. The summed E-state index contributed by atoms with van der Waals surface area (Å²) in [5, 5.41) is 9.37. The van der Waals surface area contributed by atoms with Gasteiger partial charge in [0.1, 0.15) is 6.04 Å². The smallest absolute Gasteiger partial charge is 0.480 e. The Hall–Kier alpha value is -2.57. The molecule has 0 fully saturated rings. The molecule has 0 saturated heterocycles. The molecule has 14 nitrogen and oxygen atoms in total. The molecule has 0 aromatic rings. The number of nitrogens with two attached hydrogens (primary N) is 1. The second-order valence-corrected chi connectivity index (χ2v) is 8.68. The lowest BCUT2D eigenvalue weighted by atomic mass is 10.2. The molecule has 0 heterocycles. The van der Waals surface area contributed by atoms with E-state index in [9.17, 15) is 24.1 Å². The standard InChI is InChI=1S/C20H38N3O11P/c1-7-12-29-19(26)31-15(10-4)33-35(28,22-18(21)23(6)14(9-3)17(24)25)34-16(11-5)32-20(27)30-13-8-2/h14-16H,7-13H2,1-6H3,(H,24,25)(H2,21,22,28). The number of carboxylic acids is 1. The highest BCUT2D eigenvalue weighted by molar-refractivity contribution is 7.52. The van der Waals surface area contributed by atoms with Gasteiger partial charge in [-0.15, -0.1) is 4.76 Å². The van der Waals surface area contributed by atoms with E-state index in [0.717, 1.165) is 4.90 Å². The molecule has 0 saturated carbocycles. The Bertz CT molecular complexity index is 714. The van der Waals surface area contributed by atoms with Crippen LogP contribution in [0.2, 0.25) is 0 Å². The van der Waals surface area contributed by atoms with Crippen LogP contribution >= 0.6 is 7.75 Å². The minimum atomic E-state index is -4.66. The average molecular weight is 528 g/mol. The summed E-state index contributed by atoms with van der Waals surface area (Å²) in [5.41, 5.74) is 5.90. The van der Waals surface area contributed by atoms with Gasteiger partial charge in [0.2, 0.25) is 18.5 Å². The van der Waals surface area contributed by atoms with Gasteiger partial charge in [0, 0.05) is 19.9 Å². The summed E-state index contributed by atoms with van der Waals surface area (Å²) in [6.07, 6.45) is -3.71. The second kappa shape index (κ2) is 17.0. The maximum atomic E-state index is 13.6. The molecule has 0 bridgehead atoms. The summed E-state index contributed by atoms with van der Waals surface area (Å²) in [6.45, 7) is 8.50. The van der Waals surface area contributed by atoms with E-state index in [0.29, 0.717) is 12.8 Å². The zero-order chi connectivity index (χ0) is 27.0. The van der Waals surface area contributed by atoms with E-state index >= 15 is 0 Å². The van der Waals surface area contributed by atoms with Crippen LogP contribution < -0.4 is 5.73 Å². The zero-order valence-electron chi connectivity index (χ0n) is 21.1. The van der Waals surface area contributed by atoms with Crippen molar-refractivity contribution in [2.75, 3.05) is 20.3 Å². The third-order valence-electron chi connectivity index (χ3n) is 4.20.